The molecular formula is C12H13ClN2. The van der Waals surface area contributed by atoms with Crippen LogP contribution >= 0.6 is 11.6 Å². The Kier molecular flexibility index (Phi) is 3.54. The minimum atomic E-state index is 0.642. The highest BCUT2D eigenvalue weighted by atomic mass is 35.5. The lowest BCUT2D eigenvalue weighted by molar-refractivity contribution is 0.733. The number of fused-ring (bicyclic) bond motifs is 1. The normalized spacial score (nSPS) is 10.7. The van der Waals surface area contributed by atoms with Crippen LogP contribution in [0, 0.1) is 0 Å². The van der Waals surface area contributed by atoms with Gasteiger partial charge in [0, 0.05) is 30.6 Å². The summed E-state index contributed by atoms with van der Waals surface area (Å²) in [5.74, 6) is 0.642. The van der Waals surface area contributed by atoms with Crippen LogP contribution in [0.15, 0.2) is 36.5 Å². The number of hydrogen-bond acceptors (Lipinski definition) is 2. The highest BCUT2D eigenvalue weighted by Gasteiger charge is 1.99. The molecule has 0 aliphatic heterocycles. The summed E-state index contributed by atoms with van der Waals surface area (Å²) in [5.41, 5.74) is 2.31. The third-order valence-corrected chi connectivity index (χ3v) is 2.52. The molecular weight excluding hydrogens is 208 g/mol. The molecule has 3 heteroatoms. The summed E-state index contributed by atoms with van der Waals surface area (Å²) >= 11 is 5.61. The van der Waals surface area contributed by atoms with E-state index in [2.05, 4.69) is 16.4 Å². The molecule has 0 radical (unpaired) electrons. The molecule has 0 aliphatic carbocycles. The maximum absolute atomic E-state index is 5.61. The molecule has 1 N–H and O–H groups in total. The van der Waals surface area contributed by atoms with E-state index in [1.54, 1.807) is 0 Å². The van der Waals surface area contributed by atoms with Gasteiger partial charge in [-0.2, -0.15) is 0 Å². The molecule has 1 aromatic heterocycles. The van der Waals surface area contributed by atoms with E-state index in [-0.39, 0.29) is 0 Å². The van der Waals surface area contributed by atoms with Crippen molar-refractivity contribution >= 4 is 22.5 Å². The van der Waals surface area contributed by atoms with Crippen LogP contribution in [0.1, 0.15) is 5.56 Å². The predicted octanol–water partition coefficient (Wildman–Crippen LogP) is 2.56. The predicted molar refractivity (Wildman–Crippen MR) is 64.2 cm³/mol. The highest BCUT2D eigenvalue weighted by molar-refractivity contribution is 6.18. The summed E-state index contributed by atoms with van der Waals surface area (Å²) in [6.07, 6.45) is 1.85. The zero-order valence-electron chi connectivity index (χ0n) is 8.41. The highest BCUT2D eigenvalue weighted by Crippen LogP contribution is 2.15. The third-order valence-electron chi connectivity index (χ3n) is 2.33. The number of para-hydroxylation sites is 1. The lowest BCUT2D eigenvalue weighted by Crippen LogP contribution is -2.15. The Balaban J connectivity index is 2.26. The number of rotatable bonds is 4. The second-order valence-electron chi connectivity index (χ2n) is 3.35. The number of pyridine rings is 1. The van der Waals surface area contributed by atoms with Crippen LogP contribution in [0.5, 0.6) is 0 Å². The maximum Gasteiger partial charge on any atom is 0.0705 e. The first-order chi connectivity index (χ1) is 7.42. The largest absolute Gasteiger partial charge is 0.311 e. The molecule has 15 heavy (non-hydrogen) atoms. The quantitative estimate of drug-likeness (QED) is 0.633. The van der Waals surface area contributed by atoms with Crippen molar-refractivity contribution in [1.82, 2.24) is 10.3 Å². The first-order valence-corrected chi connectivity index (χ1v) is 5.54. The topological polar surface area (TPSA) is 24.9 Å². The lowest BCUT2D eigenvalue weighted by atomic mass is 10.1. The average Bonchev–Trinajstić information content (AvgIpc) is 2.30. The number of halogens is 1. The minimum absolute atomic E-state index is 0.642. The maximum atomic E-state index is 5.61. The molecule has 0 amide bonds. The molecule has 0 bridgehead atoms. The van der Waals surface area contributed by atoms with Gasteiger partial charge >= 0.3 is 0 Å². The van der Waals surface area contributed by atoms with Crippen LogP contribution in [0.25, 0.3) is 10.9 Å². The summed E-state index contributed by atoms with van der Waals surface area (Å²) in [6.45, 7) is 1.67. The van der Waals surface area contributed by atoms with Crippen molar-refractivity contribution < 1.29 is 0 Å². The summed E-state index contributed by atoms with van der Waals surface area (Å²) in [7, 11) is 0. The molecule has 2 aromatic rings. The SMILES string of the molecule is ClCCNCc1ccnc2ccccc12. The molecule has 0 fully saturated rings. The minimum Gasteiger partial charge on any atom is -0.311 e. The number of aromatic nitrogens is 1. The van der Waals surface area contributed by atoms with Gasteiger partial charge < -0.3 is 5.32 Å². The first kappa shape index (κ1) is 10.4. The third kappa shape index (κ3) is 2.46. The Hall–Kier alpha value is -1.12. The van der Waals surface area contributed by atoms with Gasteiger partial charge in [-0.1, -0.05) is 18.2 Å². The molecule has 2 rings (SSSR count). The first-order valence-electron chi connectivity index (χ1n) is 5.01. The number of nitrogens with zero attached hydrogens (tertiary/aromatic N) is 1. The van der Waals surface area contributed by atoms with E-state index in [0.29, 0.717) is 5.88 Å². The fourth-order valence-electron chi connectivity index (χ4n) is 1.60. The lowest BCUT2D eigenvalue weighted by Gasteiger charge is -2.06. The molecule has 0 spiro atoms. The van der Waals surface area contributed by atoms with Crippen molar-refractivity contribution in [3.63, 3.8) is 0 Å². The summed E-state index contributed by atoms with van der Waals surface area (Å²) < 4.78 is 0. The monoisotopic (exact) mass is 220 g/mol. The van der Waals surface area contributed by atoms with Gasteiger partial charge in [0.1, 0.15) is 0 Å². The van der Waals surface area contributed by atoms with Gasteiger partial charge in [0.15, 0.2) is 0 Å². The van der Waals surface area contributed by atoms with E-state index < -0.39 is 0 Å². The Bertz CT molecular complexity index is 437. The van der Waals surface area contributed by atoms with E-state index in [1.807, 2.05) is 30.5 Å². The van der Waals surface area contributed by atoms with Crippen LogP contribution in [0.3, 0.4) is 0 Å². The van der Waals surface area contributed by atoms with Gasteiger partial charge in [-0.05, 0) is 17.7 Å². The van der Waals surface area contributed by atoms with E-state index in [1.165, 1.54) is 10.9 Å². The van der Waals surface area contributed by atoms with Crippen LogP contribution < -0.4 is 5.32 Å². The van der Waals surface area contributed by atoms with Crippen LogP contribution in [0.2, 0.25) is 0 Å². The van der Waals surface area contributed by atoms with Crippen molar-refractivity contribution in [3.8, 4) is 0 Å². The molecule has 1 heterocycles. The van der Waals surface area contributed by atoms with Crippen molar-refractivity contribution in [2.75, 3.05) is 12.4 Å². The van der Waals surface area contributed by atoms with E-state index in [0.717, 1.165) is 18.6 Å². The molecule has 1 aromatic carbocycles. The van der Waals surface area contributed by atoms with Crippen molar-refractivity contribution in [2.45, 2.75) is 6.54 Å². The van der Waals surface area contributed by atoms with Crippen LogP contribution in [0.4, 0.5) is 0 Å². The van der Waals surface area contributed by atoms with E-state index in [9.17, 15) is 0 Å². The Morgan fingerprint density at radius 1 is 1.20 bits per heavy atom. The standard InChI is InChI=1S/C12H13ClN2/c13-6-8-14-9-10-5-7-15-12-4-2-1-3-11(10)12/h1-5,7,14H,6,8-9H2. The molecule has 0 saturated carbocycles. The summed E-state index contributed by atoms with van der Waals surface area (Å²) in [5, 5.41) is 4.49. The molecule has 0 saturated heterocycles. The van der Waals surface area contributed by atoms with Crippen LogP contribution in [-0.4, -0.2) is 17.4 Å². The van der Waals surface area contributed by atoms with Crippen LogP contribution in [-0.2, 0) is 6.54 Å². The van der Waals surface area contributed by atoms with E-state index >= 15 is 0 Å². The summed E-state index contributed by atoms with van der Waals surface area (Å²) in [6, 6.07) is 10.2. The van der Waals surface area contributed by atoms with Gasteiger partial charge in [0.05, 0.1) is 5.52 Å². The molecule has 0 aliphatic rings. The van der Waals surface area contributed by atoms with Crippen molar-refractivity contribution in [3.05, 3.63) is 42.1 Å². The fraction of sp³-hybridized carbons (Fsp3) is 0.250. The van der Waals surface area contributed by atoms with Gasteiger partial charge in [-0.3, -0.25) is 4.98 Å². The smallest absolute Gasteiger partial charge is 0.0705 e. The zero-order valence-corrected chi connectivity index (χ0v) is 9.17. The van der Waals surface area contributed by atoms with Gasteiger partial charge in [0.2, 0.25) is 0 Å². The molecule has 2 nitrogen and oxygen atoms in total. The van der Waals surface area contributed by atoms with Gasteiger partial charge in [-0.25, -0.2) is 0 Å². The van der Waals surface area contributed by atoms with E-state index in [4.69, 9.17) is 11.6 Å². The Morgan fingerprint density at radius 2 is 2.07 bits per heavy atom. The number of alkyl halides is 1. The number of nitrogens with one attached hydrogen (secondary N) is 1. The van der Waals surface area contributed by atoms with Crippen molar-refractivity contribution in [1.29, 1.82) is 0 Å². The summed E-state index contributed by atoms with van der Waals surface area (Å²) in [4.78, 5) is 4.32. The number of benzene rings is 1. The number of hydrogen-bond donors (Lipinski definition) is 1. The molecule has 0 unspecified atom stereocenters. The second-order valence-corrected chi connectivity index (χ2v) is 3.73. The van der Waals surface area contributed by atoms with Gasteiger partial charge in [0.25, 0.3) is 0 Å². The second kappa shape index (κ2) is 5.10. The zero-order chi connectivity index (χ0) is 10.5. The Labute approximate surface area is 94.3 Å². The average molecular weight is 221 g/mol. The fourth-order valence-corrected chi connectivity index (χ4v) is 1.73. The van der Waals surface area contributed by atoms with Crippen molar-refractivity contribution in [2.24, 2.45) is 0 Å². The van der Waals surface area contributed by atoms with Gasteiger partial charge in [-0.15, -0.1) is 11.6 Å². The Morgan fingerprint density at radius 3 is 2.93 bits per heavy atom. The molecule has 78 valence electrons. The molecule has 0 atom stereocenters.